The fourth-order valence-corrected chi connectivity index (χ4v) is 0.447. The van der Waals surface area contributed by atoms with Crippen LogP contribution in [0.2, 0.25) is 0 Å². The number of nitrogens with zero attached hydrogens (tertiary/aromatic N) is 1. The summed E-state index contributed by atoms with van der Waals surface area (Å²) in [6.45, 7) is 3.74. The molecule has 0 atom stereocenters. The summed E-state index contributed by atoms with van der Waals surface area (Å²) in [6.07, 6.45) is 6.44. The smallest absolute Gasteiger partial charge is 0.0266 e. The summed E-state index contributed by atoms with van der Waals surface area (Å²) in [5.41, 5.74) is 1.13. The molecule has 0 N–H and O–H groups in total. The third-order valence-corrected chi connectivity index (χ3v) is 0.855. The van der Waals surface area contributed by atoms with Crippen molar-refractivity contribution < 1.29 is 0 Å². The van der Waals surface area contributed by atoms with Gasteiger partial charge in [0.25, 0.3) is 0 Å². The Morgan fingerprint density at radius 1 is 1.71 bits per heavy atom. The van der Waals surface area contributed by atoms with Crippen molar-refractivity contribution in [2.45, 2.75) is 6.42 Å². The van der Waals surface area contributed by atoms with E-state index in [1.54, 1.807) is 6.20 Å². The van der Waals surface area contributed by atoms with E-state index in [2.05, 4.69) is 11.6 Å². The molecule has 1 rings (SSSR count). The van der Waals surface area contributed by atoms with Gasteiger partial charge in [-0.2, -0.15) is 0 Å². The zero-order valence-corrected chi connectivity index (χ0v) is 4.09. The second-order valence-electron chi connectivity index (χ2n) is 1.51. The molecular formula is C6H7N. The molecule has 36 valence electrons. The minimum absolute atomic E-state index is 0.913. The van der Waals surface area contributed by atoms with Gasteiger partial charge in [-0.3, -0.25) is 4.99 Å². The highest BCUT2D eigenvalue weighted by Gasteiger charge is 1.86. The molecule has 0 saturated heterocycles. The number of rotatable bonds is 0. The predicted molar refractivity (Wildman–Crippen MR) is 31.4 cm³/mol. The van der Waals surface area contributed by atoms with E-state index in [1.807, 2.05) is 12.3 Å². The van der Waals surface area contributed by atoms with Crippen LogP contribution in [0.25, 0.3) is 0 Å². The lowest BCUT2D eigenvalue weighted by molar-refractivity contribution is 1.33. The summed E-state index contributed by atoms with van der Waals surface area (Å²) < 4.78 is 0. The summed E-state index contributed by atoms with van der Waals surface area (Å²) in [5.74, 6) is 0. The SMILES string of the molecule is C=C1C=CN=CC1. The highest BCUT2D eigenvalue weighted by molar-refractivity contribution is 5.64. The van der Waals surface area contributed by atoms with Gasteiger partial charge in [0.05, 0.1) is 0 Å². The van der Waals surface area contributed by atoms with Gasteiger partial charge >= 0.3 is 0 Å². The molecule has 0 unspecified atom stereocenters. The maximum Gasteiger partial charge on any atom is 0.0266 e. The lowest BCUT2D eigenvalue weighted by atomic mass is 10.2. The van der Waals surface area contributed by atoms with Crippen LogP contribution in [0.5, 0.6) is 0 Å². The van der Waals surface area contributed by atoms with Gasteiger partial charge in [-0.15, -0.1) is 0 Å². The fourth-order valence-electron chi connectivity index (χ4n) is 0.447. The average Bonchev–Trinajstić information content (AvgIpc) is 1.69. The number of hydrogen-bond acceptors (Lipinski definition) is 1. The molecule has 0 spiro atoms. The molecule has 0 amide bonds. The predicted octanol–water partition coefficient (Wildman–Crippen LogP) is 1.53. The van der Waals surface area contributed by atoms with Gasteiger partial charge in [0.1, 0.15) is 0 Å². The minimum Gasteiger partial charge on any atom is -0.269 e. The first-order chi connectivity index (χ1) is 3.39. The van der Waals surface area contributed by atoms with Crippen molar-refractivity contribution in [1.82, 2.24) is 0 Å². The fraction of sp³-hybridized carbons (Fsp3) is 0.167. The van der Waals surface area contributed by atoms with E-state index in [-0.39, 0.29) is 0 Å². The number of aliphatic imine (C=N–C) groups is 1. The Morgan fingerprint density at radius 3 is 2.86 bits per heavy atom. The first-order valence-corrected chi connectivity index (χ1v) is 2.25. The molecule has 0 aromatic heterocycles. The zero-order chi connectivity index (χ0) is 5.11. The molecule has 1 aliphatic rings. The maximum absolute atomic E-state index is 3.86. The highest BCUT2D eigenvalue weighted by Crippen LogP contribution is 2.01. The molecular weight excluding hydrogens is 86.1 g/mol. The first-order valence-electron chi connectivity index (χ1n) is 2.25. The van der Waals surface area contributed by atoms with Gasteiger partial charge in [-0.25, -0.2) is 0 Å². The van der Waals surface area contributed by atoms with Crippen LogP contribution in [0.3, 0.4) is 0 Å². The highest BCUT2D eigenvalue weighted by atomic mass is 14.7. The van der Waals surface area contributed by atoms with Crippen LogP contribution in [-0.4, -0.2) is 6.21 Å². The second kappa shape index (κ2) is 1.73. The molecule has 1 heterocycles. The van der Waals surface area contributed by atoms with E-state index in [0.717, 1.165) is 12.0 Å². The average molecular weight is 93.1 g/mol. The van der Waals surface area contributed by atoms with Crippen molar-refractivity contribution in [2.24, 2.45) is 4.99 Å². The Labute approximate surface area is 43.1 Å². The Balaban J connectivity index is 2.66. The molecule has 0 radical (unpaired) electrons. The van der Waals surface area contributed by atoms with E-state index in [1.165, 1.54) is 0 Å². The summed E-state index contributed by atoms with van der Waals surface area (Å²) in [5, 5.41) is 0. The van der Waals surface area contributed by atoms with Crippen molar-refractivity contribution in [3.8, 4) is 0 Å². The van der Waals surface area contributed by atoms with Gasteiger partial charge in [-0.05, 0) is 11.6 Å². The van der Waals surface area contributed by atoms with E-state index in [0.29, 0.717) is 0 Å². The van der Waals surface area contributed by atoms with E-state index in [4.69, 9.17) is 0 Å². The quantitative estimate of drug-likeness (QED) is 0.430. The van der Waals surface area contributed by atoms with Gasteiger partial charge in [0.2, 0.25) is 0 Å². The molecule has 1 heteroatoms. The third kappa shape index (κ3) is 1.000. The molecule has 1 aliphatic heterocycles. The van der Waals surface area contributed by atoms with Crippen molar-refractivity contribution >= 4 is 6.21 Å². The topological polar surface area (TPSA) is 12.4 Å². The minimum atomic E-state index is 0.913. The largest absolute Gasteiger partial charge is 0.269 e. The van der Waals surface area contributed by atoms with Crippen molar-refractivity contribution in [3.05, 3.63) is 24.4 Å². The van der Waals surface area contributed by atoms with Gasteiger partial charge in [-0.1, -0.05) is 6.58 Å². The summed E-state index contributed by atoms with van der Waals surface area (Å²) in [6, 6.07) is 0. The van der Waals surface area contributed by atoms with Crippen LogP contribution >= 0.6 is 0 Å². The third-order valence-electron chi connectivity index (χ3n) is 0.855. The molecule has 0 aromatic carbocycles. The standard InChI is InChI=1S/C6H7N/c1-6-2-4-7-5-3-6/h2,4-5H,1,3H2. The summed E-state index contributed by atoms with van der Waals surface area (Å²) in [4.78, 5) is 3.86. The van der Waals surface area contributed by atoms with Gasteiger partial charge < -0.3 is 0 Å². The van der Waals surface area contributed by atoms with Crippen molar-refractivity contribution in [3.63, 3.8) is 0 Å². The molecule has 0 fully saturated rings. The van der Waals surface area contributed by atoms with Crippen LogP contribution in [-0.2, 0) is 0 Å². The molecule has 0 aliphatic carbocycles. The normalized spacial score (nSPS) is 18.0. The molecule has 0 saturated carbocycles. The van der Waals surface area contributed by atoms with Gasteiger partial charge in [0, 0.05) is 18.8 Å². The Hall–Kier alpha value is -0.850. The van der Waals surface area contributed by atoms with Crippen LogP contribution in [0.1, 0.15) is 6.42 Å². The Kier molecular flexibility index (Phi) is 1.07. The zero-order valence-electron chi connectivity index (χ0n) is 4.09. The summed E-state index contributed by atoms with van der Waals surface area (Å²) in [7, 11) is 0. The second-order valence-corrected chi connectivity index (χ2v) is 1.51. The van der Waals surface area contributed by atoms with Crippen molar-refractivity contribution in [1.29, 1.82) is 0 Å². The molecule has 7 heavy (non-hydrogen) atoms. The van der Waals surface area contributed by atoms with Gasteiger partial charge in [0.15, 0.2) is 0 Å². The van der Waals surface area contributed by atoms with E-state index >= 15 is 0 Å². The lowest BCUT2D eigenvalue weighted by Gasteiger charge is -1.94. The monoisotopic (exact) mass is 93.1 g/mol. The van der Waals surface area contributed by atoms with E-state index < -0.39 is 0 Å². The molecule has 0 aromatic rings. The van der Waals surface area contributed by atoms with Crippen molar-refractivity contribution in [2.75, 3.05) is 0 Å². The van der Waals surface area contributed by atoms with Crippen LogP contribution in [0, 0.1) is 0 Å². The lowest BCUT2D eigenvalue weighted by Crippen LogP contribution is -1.81. The number of hydrogen-bond donors (Lipinski definition) is 0. The Bertz CT molecular complexity index is 131. The van der Waals surface area contributed by atoms with Crippen LogP contribution in [0.15, 0.2) is 29.4 Å². The summed E-state index contributed by atoms with van der Waals surface area (Å²) >= 11 is 0. The molecule has 0 bridgehead atoms. The van der Waals surface area contributed by atoms with E-state index in [9.17, 15) is 0 Å². The van der Waals surface area contributed by atoms with Crippen LogP contribution in [0.4, 0.5) is 0 Å². The number of allylic oxidation sites excluding steroid dienone is 2. The maximum atomic E-state index is 3.86. The van der Waals surface area contributed by atoms with Crippen LogP contribution < -0.4 is 0 Å². The Morgan fingerprint density at radius 2 is 2.57 bits per heavy atom. The molecule has 1 nitrogen and oxygen atoms in total. The first kappa shape index (κ1) is 4.31.